The van der Waals surface area contributed by atoms with Crippen molar-refractivity contribution in [1.82, 2.24) is 14.8 Å². The Labute approximate surface area is 97.4 Å². The van der Waals surface area contributed by atoms with E-state index in [0.29, 0.717) is 12.2 Å². The number of carboxylic acids is 1. The van der Waals surface area contributed by atoms with Gasteiger partial charge in [-0.2, -0.15) is 5.10 Å². The third kappa shape index (κ3) is 1.92. The van der Waals surface area contributed by atoms with Crippen molar-refractivity contribution >= 4 is 5.97 Å². The molecule has 2 heterocycles. The molecule has 2 rings (SSSR count). The van der Waals surface area contributed by atoms with Crippen LogP contribution >= 0.6 is 0 Å². The van der Waals surface area contributed by atoms with E-state index in [-0.39, 0.29) is 29.6 Å². The molecule has 64 valence electrons. The molecule has 1 aliphatic rings. The molecular formula is C7H8N3NaO2. The summed E-state index contributed by atoms with van der Waals surface area (Å²) in [4.78, 5) is 14.5. The Bertz CT molecular complexity index is 312. The molecule has 5 nitrogen and oxygen atoms in total. The molecule has 0 aromatic carbocycles. The van der Waals surface area contributed by atoms with E-state index >= 15 is 0 Å². The van der Waals surface area contributed by atoms with E-state index in [1.54, 1.807) is 4.68 Å². The minimum atomic E-state index is -1.05. The van der Waals surface area contributed by atoms with Crippen molar-refractivity contribution in [1.29, 1.82) is 0 Å². The van der Waals surface area contributed by atoms with E-state index < -0.39 is 11.9 Å². The Hall–Kier alpha value is -0.390. The van der Waals surface area contributed by atoms with Gasteiger partial charge in [0.2, 0.25) is 0 Å². The molecule has 1 unspecified atom stereocenters. The van der Waals surface area contributed by atoms with Gasteiger partial charge in [0.05, 0.1) is 11.9 Å². The van der Waals surface area contributed by atoms with Crippen LogP contribution in [-0.4, -0.2) is 20.7 Å². The van der Waals surface area contributed by atoms with Gasteiger partial charge < -0.3 is 9.90 Å². The van der Waals surface area contributed by atoms with E-state index in [1.807, 2.05) is 0 Å². The molecule has 1 aromatic rings. The monoisotopic (exact) mass is 189 g/mol. The molecule has 1 atom stereocenters. The molecule has 0 saturated heterocycles. The van der Waals surface area contributed by atoms with Crippen LogP contribution in [0.25, 0.3) is 0 Å². The number of rotatable bonds is 1. The van der Waals surface area contributed by atoms with Crippen molar-refractivity contribution < 1.29 is 39.5 Å². The smallest absolute Gasteiger partial charge is 0.549 e. The largest absolute Gasteiger partial charge is 1.00 e. The van der Waals surface area contributed by atoms with Crippen molar-refractivity contribution in [3.63, 3.8) is 0 Å². The van der Waals surface area contributed by atoms with Gasteiger partial charge in [-0.3, -0.25) is 0 Å². The molecule has 0 radical (unpaired) electrons. The predicted molar refractivity (Wildman–Crippen MR) is 37.0 cm³/mol. The Morgan fingerprint density at radius 3 is 3.15 bits per heavy atom. The summed E-state index contributed by atoms with van der Waals surface area (Å²) in [5, 5.41) is 14.5. The topological polar surface area (TPSA) is 70.8 Å². The van der Waals surface area contributed by atoms with Gasteiger partial charge in [0, 0.05) is 6.54 Å². The van der Waals surface area contributed by atoms with Gasteiger partial charge in [0.15, 0.2) is 0 Å². The van der Waals surface area contributed by atoms with Gasteiger partial charge in [0.1, 0.15) is 12.2 Å². The van der Waals surface area contributed by atoms with Crippen LogP contribution in [0.2, 0.25) is 0 Å². The predicted octanol–water partition coefficient (Wildman–Crippen LogP) is -4.09. The molecule has 0 amide bonds. The zero-order chi connectivity index (χ0) is 8.55. The second-order valence-corrected chi connectivity index (χ2v) is 2.86. The summed E-state index contributed by atoms with van der Waals surface area (Å²) in [6.45, 7) is 0.763. The summed E-state index contributed by atoms with van der Waals surface area (Å²) < 4.78 is 1.63. The number of aromatic nitrogens is 3. The number of hydrogen-bond donors (Lipinski definition) is 0. The van der Waals surface area contributed by atoms with Crippen LogP contribution < -0.4 is 34.7 Å². The van der Waals surface area contributed by atoms with Crippen molar-refractivity contribution in [3.05, 3.63) is 12.2 Å². The van der Waals surface area contributed by atoms with Crippen LogP contribution in [-0.2, 0) is 11.3 Å². The van der Waals surface area contributed by atoms with Gasteiger partial charge in [-0.25, -0.2) is 9.67 Å². The molecule has 1 aliphatic heterocycles. The van der Waals surface area contributed by atoms with Gasteiger partial charge in [-0.05, 0) is 12.8 Å². The van der Waals surface area contributed by atoms with E-state index in [0.717, 1.165) is 13.0 Å². The van der Waals surface area contributed by atoms with Crippen LogP contribution in [0.5, 0.6) is 0 Å². The second-order valence-electron chi connectivity index (χ2n) is 2.86. The van der Waals surface area contributed by atoms with Gasteiger partial charge in [-0.15, -0.1) is 0 Å². The number of nitrogens with zero attached hydrogens (tertiary/aromatic N) is 3. The molecule has 0 bridgehead atoms. The van der Waals surface area contributed by atoms with E-state index in [4.69, 9.17) is 0 Å². The zero-order valence-electron chi connectivity index (χ0n) is 7.43. The number of fused-ring (bicyclic) bond motifs is 1. The molecule has 1 aromatic heterocycles. The second kappa shape index (κ2) is 4.21. The van der Waals surface area contributed by atoms with Crippen LogP contribution in [0.1, 0.15) is 24.6 Å². The van der Waals surface area contributed by atoms with Crippen LogP contribution in [0.3, 0.4) is 0 Å². The fraction of sp³-hybridized carbons (Fsp3) is 0.571. The third-order valence-electron chi connectivity index (χ3n) is 2.10. The van der Waals surface area contributed by atoms with Crippen LogP contribution in [0.4, 0.5) is 0 Å². The maximum atomic E-state index is 10.6. The molecule has 0 fully saturated rings. The van der Waals surface area contributed by atoms with Crippen LogP contribution in [0, 0.1) is 0 Å². The maximum absolute atomic E-state index is 10.6. The number of carboxylic acid groups (broad SMARTS) is 1. The number of aryl methyl sites for hydroxylation is 1. The number of hydrogen-bond acceptors (Lipinski definition) is 4. The van der Waals surface area contributed by atoms with Crippen molar-refractivity contribution in [2.45, 2.75) is 25.3 Å². The van der Waals surface area contributed by atoms with Crippen molar-refractivity contribution in [2.75, 3.05) is 0 Å². The van der Waals surface area contributed by atoms with Gasteiger partial charge in [0.25, 0.3) is 0 Å². The summed E-state index contributed by atoms with van der Waals surface area (Å²) in [7, 11) is 0. The first-order chi connectivity index (χ1) is 5.79. The Balaban J connectivity index is 0.000000845. The Morgan fingerprint density at radius 1 is 1.69 bits per heavy atom. The number of aliphatic carboxylic acids is 1. The zero-order valence-corrected chi connectivity index (χ0v) is 9.43. The summed E-state index contributed by atoms with van der Waals surface area (Å²) in [6, 6.07) is 0. The first-order valence-corrected chi connectivity index (χ1v) is 3.87. The average Bonchev–Trinajstić information content (AvgIpc) is 2.49. The fourth-order valence-corrected chi connectivity index (χ4v) is 1.51. The molecule has 6 heteroatoms. The van der Waals surface area contributed by atoms with Crippen LogP contribution in [0.15, 0.2) is 6.33 Å². The van der Waals surface area contributed by atoms with Gasteiger partial charge >= 0.3 is 29.6 Å². The maximum Gasteiger partial charge on any atom is 1.00 e. The molecule has 0 spiro atoms. The third-order valence-corrected chi connectivity index (χ3v) is 2.10. The average molecular weight is 189 g/mol. The first kappa shape index (κ1) is 10.7. The quantitative estimate of drug-likeness (QED) is 0.421. The SMILES string of the molecule is O=C([O-])C1CCCn2ncnc21.[Na+]. The summed E-state index contributed by atoms with van der Waals surface area (Å²) in [5.74, 6) is -1.09. The van der Waals surface area contributed by atoms with Crippen molar-refractivity contribution in [2.24, 2.45) is 0 Å². The van der Waals surface area contributed by atoms with E-state index in [2.05, 4.69) is 10.1 Å². The minimum absolute atomic E-state index is 0. The standard InChI is InChI=1S/C7H9N3O2.Na/c11-7(12)5-2-1-3-10-6(5)8-4-9-10;/h4-5H,1-3H2,(H,11,12);/q;+1/p-1. The van der Waals surface area contributed by atoms with Gasteiger partial charge in [-0.1, -0.05) is 0 Å². The molecule has 13 heavy (non-hydrogen) atoms. The molecule has 0 N–H and O–H groups in total. The molecule has 0 aliphatic carbocycles. The first-order valence-electron chi connectivity index (χ1n) is 3.87. The number of carbonyl (C=O) groups is 1. The molecule has 0 saturated carbocycles. The Morgan fingerprint density at radius 2 is 2.46 bits per heavy atom. The van der Waals surface area contributed by atoms with Crippen molar-refractivity contribution in [3.8, 4) is 0 Å². The molecular weight excluding hydrogens is 181 g/mol. The summed E-state index contributed by atoms with van der Waals surface area (Å²) in [6.07, 6.45) is 2.83. The summed E-state index contributed by atoms with van der Waals surface area (Å²) in [5.41, 5.74) is 0. The fourth-order valence-electron chi connectivity index (χ4n) is 1.51. The Kier molecular flexibility index (Phi) is 3.47. The normalized spacial score (nSPS) is 20.2. The van der Waals surface area contributed by atoms with E-state index in [9.17, 15) is 9.90 Å². The minimum Gasteiger partial charge on any atom is -0.549 e. The summed E-state index contributed by atoms with van der Waals surface area (Å²) >= 11 is 0. The van der Waals surface area contributed by atoms with E-state index in [1.165, 1.54) is 6.33 Å². The number of carbonyl (C=O) groups excluding carboxylic acids is 1.